The Kier molecular flexibility index (Phi) is 3.46. The van der Waals surface area contributed by atoms with Crippen LogP contribution in [-0.2, 0) is 4.74 Å². The van der Waals surface area contributed by atoms with Crippen LogP contribution in [0.1, 0.15) is 36.0 Å². The maximum absolute atomic E-state index is 13.7. The van der Waals surface area contributed by atoms with E-state index in [-0.39, 0.29) is 29.5 Å². The van der Waals surface area contributed by atoms with Crippen molar-refractivity contribution in [2.45, 2.75) is 37.9 Å². The molecule has 2 atom stereocenters. The van der Waals surface area contributed by atoms with E-state index in [4.69, 9.17) is 4.74 Å². The molecule has 2 saturated heterocycles. The Morgan fingerprint density at radius 2 is 1.75 bits per heavy atom. The minimum atomic E-state index is -0.842. The Morgan fingerprint density at radius 3 is 2.25 bits per heavy atom. The summed E-state index contributed by atoms with van der Waals surface area (Å²) < 4.78 is 37.6. The number of fused-ring (bicyclic) bond motifs is 2. The van der Waals surface area contributed by atoms with Gasteiger partial charge in [0.25, 0.3) is 0 Å². The highest BCUT2D eigenvalue weighted by Gasteiger charge is 2.38. The normalized spacial score (nSPS) is 28.4. The predicted molar refractivity (Wildman–Crippen MR) is 67.9 cm³/mol. The lowest BCUT2D eigenvalue weighted by Crippen LogP contribution is -2.30. The van der Waals surface area contributed by atoms with E-state index in [0.717, 1.165) is 25.0 Å². The molecular formula is C15H16F2O3. The molecule has 2 aliphatic rings. The second-order valence-corrected chi connectivity index (χ2v) is 5.46. The van der Waals surface area contributed by atoms with Crippen molar-refractivity contribution in [3.8, 4) is 5.75 Å². The molecule has 3 nitrogen and oxygen atoms in total. The summed E-state index contributed by atoms with van der Waals surface area (Å²) in [6.07, 6.45) is 3.47. The molecule has 2 fully saturated rings. The number of hydrogen-bond donors (Lipinski definition) is 0. The molecule has 2 aliphatic heterocycles. The molecule has 20 heavy (non-hydrogen) atoms. The van der Waals surface area contributed by atoms with E-state index in [9.17, 15) is 13.6 Å². The molecule has 0 saturated carbocycles. The lowest BCUT2D eigenvalue weighted by Gasteiger charge is -2.27. The van der Waals surface area contributed by atoms with Crippen LogP contribution in [0.2, 0.25) is 0 Å². The van der Waals surface area contributed by atoms with Gasteiger partial charge in [0.05, 0.1) is 19.3 Å². The first-order chi connectivity index (χ1) is 9.58. The number of benzene rings is 1. The number of methoxy groups -OCH3 is 1. The van der Waals surface area contributed by atoms with Crippen molar-refractivity contribution in [3.05, 3.63) is 29.3 Å². The lowest BCUT2D eigenvalue weighted by atomic mass is 9.88. The Morgan fingerprint density at radius 1 is 1.20 bits per heavy atom. The van der Waals surface area contributed by atoms with Gasteiger partial charge >= 0.3 is 0 Å². The van der Waals surface area contributed by atoms with Crippen LogP contribution in [0, 0.1) is 17.6 Å². The van der Waals surface area contributed by atoms with Crippen molar-refractivity contribution in [1.29, 1.82) is 0 Å². The first kappa shape index (κ1) is 13.5. The molecule has 5 heteroatoms. The Balaban J connectivity index is 1.84. The zero-order valence-electron chi connectivity index (χ0n) is 11.2. The van der Waals surface area contributed by atoms with Gasteiger partial charge in [0.2, 0.25) is 0 Å². The fourth-order valence-electron chi connectivity index (χ4n) is 3.20. The summed E-state index contributed by atoms with van der Waals surface area (Å²) >= 11 is 0. The third-order valence-electron chi connectivity index (χ3n) is 4.15. The van der Waals surface area contributed by atoms with Crippen LogP contribution in [0.15, 0.2) is 12.1 Å². The number of ether oxygens (including phenoxy) is 2. The van der Waals surface area contributed by atoms with Crippen LogP contribution >= 0.6 is 0 Å². The maximum atomic E-state index is 13.7. The van der Waals surface area contributed by atoms with Gasteiger partial charge in [0.15, 0.2) is 23.2 Å². The largest absolute Gasteiger partial charge is 0.491 e. The highest BCUT2D eigenvalue weighted by molar-refractivity contribution is 5.98. The first-order valence-electron chi connectivity index (χ1n) is 6.81. The van der Waals surface area contributed by atoms with Gasteiger partial charge in [-0.15, -0.1) is 0 Å². The molecule has 2 unspecified atom stereocenters. The van der Waals surface area contributed by atoms with Crippen molar-refractivity contribution in [2.24, 2.45) is 5.92 Å². The molecule has 0 N–H and O–H groups in total. The molecule has 0 aliphatic carbocycles. The third kappa shape index (κ3) is 2.30. The highest BCUT2D eigenvalue weighted by Crippen LogP contribution is 2.37. The quantitative estimate of drug-likeness (QED) is 0.799. The zero-order valence-corrected chi connectivity index (χ0v) is 11.2. The zero-order chi connectivity index (χ0) is 14.3. The first-order valence-corrected chi connectivity index (χ1v) is 6.81. The number of hydrogen-bond acceptors (Lipinski definition) is 3. The van der Waals surface area contributed by atoms with E-state index < -0.39 is 17.4 Å². The summed E-state index contributed by atoms with van der Waals surface area (Å²) in [4.78, 5) is 12.4. The van der Waals surface area contributed by atoms with Crippen molar-refractivity contribution in [1.82, 2.24) is 0 Å². The topological polar surface area (TPSA) is 35.5 Å². The minimum Gasteiger partial charge on any atom is -0.491 e. The molecule has 2 bridgehead atoms. The second-order valence-electron chi connectivity index (χ2n) is 5.46. The molecule has 108 valence electrons. The number of Topliss-reactive ketones (excluding diaryl/α,β-unsaturated/α-hetero) is 1. The van der Waals surface area contributed by atoms with Crippen molar-refractivity contribution >= 4 is 5.78 Å². The van der Waals surface area contributed by atoms with Gasteiger partial charge < -0.3 is 9.47 Å². The standard InChI is InChI=1S/C15H16F2O3/c1-19-15-12(16)6-9(7-13(15)17)14(18)8-4-10-2-3-11(5-8)20-10/h6-8,10-11H,2-5H2,1H3. The van der Waals surface area contributed by atoms with E-state index in [2.05, 4.69) is 4.74 Å². The number of halogens is 2. The Hall–Kier alpha value is -1.49. The van der Waals surface area contributed by atoms with E-state index in [1.54, 1.807) is 0 Å². The van der Waals surface area contributed by atoms with Crippen LogP contribution in [0.3, 0.4) is 0 Å². The van der Waals surface area contributed by atoms with Gasteiger partial charge in [0, 0.05) is 11.5 Å². The second kappa shape index (κ2) is 5.13. The van der Waals surface area contributed by atoms with Gasteiger partial charge in [-0.25, -0.2) is 8.78 Å². The number of carbonyl (C=O) groups is 1. The van der Waals surface area contributed by atoms with Crippen molar-refractivity contribution < 1.29 is 23.0 Å². The molecule has 2 heterocycles. The number of carbonyl (C=O) groups excluding carboxylic acids is 1. The van der Waals surface area contributed by atoms with Gasteiger partial charge in [-0.2, -0.15) is 0 Å². The van der Waals surface area contributed by atoms with E-state index in [1.807, 2.05) is 0 Å². The summed E-state index contributed by atoms with van der Waals surface area (Å²) in [5.74, 6) is -2.54. The molecule has 0 radical (unpaired) electrons. The molecule has 1 aromatic carbocycles. The molecule has 0 amide bonds. The maximum Gasteiger partial charge on any atom is 0.190 e. The van der Waals surface area contributed by atoms with Crippen LogP contribution < -0.4 is 4.74 Å². The fourth-order valence-corrected chi connectivity index (χ4v) is 3.20. The van der Waals surface area contributed by atoms with E-state index >= 15 is 0 Å². The molecular weight excluding hydrogens is 266 g/mol. The summed E-state index contributed by atoms with van der Waals surface area (Å²) in [7, 11) is 1.19. The summed E-state index contributed by atoms with van der Waals surface area (Å²) in [5, 5.41) is 0. The summed E-state index contributed by atoms with van der Waals surface area (Å²) in [5.41, 5.74) is 0.0760. The van der Waals surface area contributed by atoms with Crippen LogP contribution in [-0.4, -0.2) is 25.1 Å². The van der Waals surface area contributed by atoms with Crippen molar-refractivity contribution in [2.75, 3.05) is 7.11 Å². The molecule has 0 spiro atoms. The number of ketones is 1. The van der Waals surface area contributed by atoms with E-state index in [1.165, 1.54) is 7.11 Å². The van der Waals surface area contributed by atoms with Gasteiger partial charge in [-0.05, 0) is 37.8 Å². The Bertz CT molecular complexity index is 509. The van der Waals surface area contributed by atoms with Crippen LogP contribution in [0.4, 0.5) is 8.78 Å². The monoisotopic (exact) mass is 282 g/mol. The highest BCUT2D eigenvalue weighted by atomic mass is 19.1. The number of rotatable bonds is 3. The van der Waals surface area contributed by atoms with Gasteiger partial charge in [0.1, 0.15) is 0 Å². The predicted octanol–water partition coefficient (Wildman–Crippen LogP) is 3.11. The molecule has 0 aromatic heterocycles. The van der Waals surface area contributed by atoms with Crippen LogP contribution in [0.25, 0.3) is 0 Å². The lowest BCUT2D eigenvalue weighted by molar-refractivity contribution is -0.0149. The average molecular weight is 282 g/mol. The van der Waals surface area contributed by atoms with Gasteiger partial charge in [-0.3, -0.25) is 4.79 Å². The summed E-state index contributed by atoms with van der Waals surface area (Å²) in [6, 6.07) is 2.11. The Labute approximate surface area is 115 Å². The summed E-state index contributed by atoms with van der Waals surface area (Å²) in [6.45, 7) is 0. The fraction of sp³-hybridized carbons (Fsp3) is 0.533. The van der Waals surface area contributed by atoms with Crippen LogP contribution in [0.5, 0.6) is 5.75 Å². The van der Waals surface area contributed by atoms with Gasteiger partial charge in [-0.1, -0.05) is 0 Å². The van der Waals surface area contributed by atoms with Crippen molar-refractivity contribution in [3.63, 3.8) is 0 Å². The molecule has 1 aromatic rings. The smallest absolute Gasteiger partial charge is 0.190 e. The SMILES string of the molecule is COc1c(F)cc(C(=O)C2CC3CCC(C2)O3)cc1F. The third-order valence-corrected chi connectivity index (χ3v) is 4.15. The average Bonchev–Trinajstić information content (AvgIpc) is 2.76. The minimum absolute atomic E-state index is 0.0760. The molecule has 3 rings (SSSR count). The van der Waals surface area contributed by atoms with E-state index in [0.29, 0.717) is 12.8 Å².